The molecule has 1 aliphatic rings. The Morgan fingerprint density at radius 2 is 1.89 bits per heavy atom. The summed E-state index contributed by atoms with van der Waals surface area (Å²) in [6, 6.07) is 11.5. The summed E-state index contributed by atoms with van der Waals surface area (Å²) in [5.41, 5.74) is 1.96. The standard InChI is InChI=1S/C22H21NO4S/c1-3-27-22(25)19-15-9-6-10-18(15)28-21(19)23-20(24)16-11-13-7-4-5-8-14(13)12-17(16)26-2/h4-5,7-8,11-12H,3,6,9-10H2,1-2H3,(H,23,24). The quantitative estimate of drug-likeness (QED) is 0.629. The van der Waals surface area contributed by atoms with Gasteiger partial charge in [0.25, 0.3) is 5.91 Å². The van der Waals surface area contributed by atoms with Crippen molar-refractivity contribution >= 4 is 39.0 Å². The number of amides is 1. The van der Waals surface area contributed by atoms with Gasteiger partial charge in [-0.05, 0) is 54.7 Å². The monoisotopic (exact) mass is 395 g/mol. The highest BCUT2D eigenvalue weighted by molar-refractivity contribution is 7.17. The number of carbonyl (C=O) groups excluding carboxylic acids is 2. The molecule has 0 spiro atoms. The van der Waals surface area contributed by atoms with Gasteiger partial charge in [-0.2, -0.15) is 0 Å². The van der Waals surface area contributed by atoms with E-state index in [1.54, 1.807) is 14.0 Å². The molecule has 0 atom stereocenters. The van der Waals surface area contributed by atoms with E-state index < -0.39 is 0 Å². The second-order valence-corrected chi connectivity index (χ2v) is 7.74. The minimum Gasteiger partial charge on any atom is -0.496 e. The number of fused-ring (bicyclic) bond motifs is 2. The van der Waals surface area contributed by atoms with Gasteiger partial charge in [0, 0.05) is 4.88 Å². The van der Waals surface area contributed by atoms with Crippen LogP contribution < -0.4 is 10.1 Å². The molecular weight excluding hydrogens is 374 g/mol. The number of thiophene rings is 1. The highest BCUT2D eigenvalue weighted by Crippen LogP contribution is 2.40. The molecule has 0 bridgehead atoms. The molecule has 4 rings (SSSR count). The summed E-state index contributed by atoms with van der Waals surface area (Å²) in [5, 5.41) is 5.44. The summed E-state index contributed by atoms with van der Waals surface area (Å²) < 4.78 is 10.7. The van der Waals surface area contributed by atoms with Crippen LogP contribution in [-0.4, -0.2) is 25.6 Å². The number of esters is 1. The Morgan fingerprint density at radius 1 is 1.14 bits per heavy atom. The predicted molar refractivity (Wildman–Crippen MR) is 111 cm³/mol. The van der Waals surface area contributed by atoms with Crippen molar-refractivity contribution in [2.75, 3.05) is 19.0 Å². The lowest BCUT2D eigenvalue weighted by Gasteiger charge is -2.12. The van der Waals surface area contributed by atoms with Crippen molar-refractivity contribution in [3.8, 4) is 5.75 Å². The van der Waals surface area contributed by atoms with Gasteiger partial charge >= 0.3 is 5.97 Å². The number of ether oxygens (including phenoxy) is 2. The van der Waals surface area contributed by atoms with Crippen molar-refractivity contribution in [3.05, 3.63) is 58.0 Å². The van der Waals surface area contributed by atoms with E-state index in [9.17, 15) is 9.59 Å². The summed E-state index contributed by atoms with van der Waals surface area (Å²) in [7, 11) is 1.55. The van der Waals surface area contributed by atoms with Crippen LogP contribution in [0.3, 0.4) is 0 Å². The SMILES string of the molecule is CCOC(=O)c1c(NC(=O)c2cc3ccccc3cc2OC)sc2c1CCC2. The molecule has 1 heterocycles. The first-order valence-electron chi connectivity index (χ1n) is 9.32. The maximum atomic E-state index is 13.1. The fraction of sp³-hybridized carbons (Fsp3) is 0.273. The Hall–Kier alpha value is -2.86. The smallest absolute Gasteiger partial charge is 0.341 e. The van der Waals surface area contributed by atoms with Crippen LogP contribution >= 0.6 is 11.3 Å². The van der Waals surface area contributed by atoms with Gasteiger partial charge in [-0.15, -0.1) is 11.3 Å². The first-order valence-corrected chi connectivity index (χ1v) is 10.1. The van der Waals surface area contributed by atoms with Crippen molar-refractivity contribution in [1.29, 1.82) is 0 Å². The normalized spacial score (nSPS) is 12.6. The molecular formula is C22H21NO4S. The molecule has 0 saturated carbocycles. The molecule has 0 radical (unpaired) electrons. The number of aryl methyl sites for hydroxylation is 1. The molecule has 0 saturated heterocycles. The van der Waals surface area contributed by atoms with E-state index in [-0.39, 0.29) is 11.9 Å². The van der Waals surface area contributed by atoms with Crippen LogP contribution in [0.25, 0.3) is 10.8 Å². The van der Waals surface area contributed by atoms with Crippen LogP contribution in [0.2, 0.25) is 0 Å². The van der Waals surface area contributed by atoms with E-state index in [4.69, 9.17) is 9.47 Å². The van der Waals surface area contributed by atoms with Crippen LogP contribution in [0.15, 0.2) is 36.4 Å². The lowest BCUT2D eigenvalue weighted by Crippen LogP contribution is -2.16. The molecule has 1 N–H and O–H groups in total. The lowest BCUT2D eigenvalue weighted by atomic mass is 10.1. The summed E-state index contributed by atoms with van der Waals surface area (Å²) in [4.78, 5) is 26.7. The third-order valence-corrected chi connectivity index (χ3v) is 6.15. The predicted octanol–water partition coefficient (Wildman–Crippen LogP) is 4.83. The van der Waals surface area contributed by atoms with Crippen molar-refractivity contribution in [2.24, 2.45) is 0 Å². The molecule has 6 heteroatoms. The molecule has 28 heavy (non-hydrogen) atoms. The number of anilines is 1. The lowest BCUT2D eigenvalue weighted by molar-refractivity contribution is 0.0527. The first kappa shape index (κ1) is 18.5. The third-order valence-electron chi connectivity index (χ3n) is 4.94. The Bertz CT molecular complexity index is 1070. The second kappa shape index (κ2) is 7.64. The number of methoxy groups -OCH3 is 1. The number of benzene rings is 2. The van der Waals surface area contributed by atoms with Gasteiger partial charge in [-0.1, -0.05) is 24.3 Å². The highest BCUT2D eigenvalue weighted by Gasteiger charge is 2.29. The van der Waals surface area contributed by atoms with Crippen LogP contribution in [0.5, 0.6) is 5.75 Å². The average Bonchev–Trinajstić information content (AvgIpc) is 3.27. The average molecular weight is 395 g/mol. The van der Waals surface area contributed by atoms with Gasteiger partial charge in [-0.25, -0.2) is 4.79 Å². The number of hydrogen-bond donors (Lipinski definition) is 1. The maximum absolute atomic E-state index is 13.1. The molecule has 1 aromatic heterocycles. The zero-order valence-electron chi connectivity index (χ0n) is 15.8. The van der Waals surface area contributed by atoms with Crippen LogP contribution in [0, 0.1) is 0 Å². The van der Waals surface area contributed by atoms with Gasteiger partial charge < -0.3 is 14.8 Å². The molecule has 5 nitrogen and oxygen atoms in total. The topological polar surface area (TPSA) is 64.6 Å². The van der Waals surface area contributed by atoms with E-state index in [1.165, 1.54) is 11.3 Å². The fourth-order valence-corrected chi connectivity index (χ4v) is 4.92. The van der Waals surface area contributed by atoms with Crippen molar-refractivity contribution in [3.63, 3.8) is 0 Å². The molecule has 1 amide bonds. The molecule has 2 aromatic carbocycles. The third kappa shape index (κ3) is 3.24. The van der Waals surface area contributed by atoms with Crippen molar-refractivity contribution < 1.29 is 19.1 Å². The minimum absolute atomic E-state index is 0.298. The highest BCUT2D eigenvalue weighted by atomic mass is 32.1. The maximum Gasteiger partial charge on any atom is 0.341 e. The molecule has 1 aliphatic carbocycles. The number of carbonyl (C=O) groups is 2. The molecule has 0 aliphatic heterocycles. The van der Waals surface area contributed by atoms with Gasteiger partial charge in [0.2, 0.25) is 0 Å². The van der Waals surface area contributed by atoms with Gasteiger partial charge in [0.05, 0.1) is 24.8 Å². The molecule has 0 unspecified atom stereocenters. The van der Waals surface area contributed by atoms with Crippen LogP contribution in [-0.2, 0) is 17.6 Å². The van der Waals surface area contributed by atoms with Gasteiger partial charge in [0.1, 0.15) is 10.8 Å². The summed E-state index contributed by atoms with van der Waals surface area (Å²) >= 11 is 1.47. The fourth-order valence-electron chi connectivity index (χ4n) is 3.65. The van der Waals surface area contributed by atoms with Gasteiger partial charge in [-0.3, -0.25) is 4.79 Å². The van der Waals surface area contributed by atoms with Gasteiger partial charge in [0.15, 0.2) is 0 Å². The van der Waals surface area contributed by atoms with Crippen LogP contribution in [0.4, 0.5) is 5.00 Å². The minimum atomic E-state index is -0.373. The van der Waals surface area contributed by atoms with E-state index in [2.05, 4.69) is 5.32 Å². The number of rotatable bonds is 5. The first-order chi connectivity index (χ1) is 13.6. The Labute approximate surface area is 167 Å². The zero-order chi connectivity index (χ0) is 19.7. The van der Waals surface area contributed by atoms with Crippen LogP contribution in [0.1, 0.15) is 44.5 Å². The van der Waals surface area contributed by atoms with Crippen molar-refractivity contribution in [2.45, 2.75) is 26.2 Å². The zero-order valence-corrected chi connectivity index (χ0v) is 16.7. The Balaban J connectivity index is 1.71. The number of nitrogens with one attached hydrogen (secondary N) is 1. The van der Waals surface area contributed by atoms with E-state index in [0.717, 1.165) is 40.5 Å². The molecule has 0 fully saturated rings. The second-order valence-electron chi connectivity index (χ2n) is 6.64. The summed E-state index contributed by atoms with van der Waals surface area (Å²) in [6.07, 6.45) is 2.80. The summed E-state index contributed by atoms with van der Waals surface area (Å²) in [6.45, 7) is 2.08. The van der Waals surface area contributed by atoms with E-state index in [0.29, 0.717) is 28.5 Å². The largest absolute Gasteiger partial charge is 0.496 e. The summed E-state index contributed by atoms with van der Waals surface area (Å²) in [5.74, 6) is -0.172. The molecule has 3 aromatic rings. The molecule has 144 valence electrons. The van der Waals surface area contributed by atoms with Crippen molar-refractivity contribution in [1.82, 2.24) is 0 Å². The van der Waals surface area contributed by atoms with E-state index in [1.807, 2.05) is 36.4 Å². The Morgan fingerprint density at radius 3 is 2.61 bits per heavy atom. The Kier molecular flexibility index (Phi) is 5.05. The number of hydrogen-bond acceptors (Lipinski definition) is 5. The van der Waals surface area contributed by atoms with E-state index >= 15 is 0 Å².